The summed E-state index contributed by atoms with van der Waals surface area (Å²) in [7, 11) is 1.49. The lowest BCUT2D eigenvalue weighted by atomic mass is 10.2. The van der Waals surface area contributed by atoms with E-state index in [1.165, 1.54) is 18.1 Å². The van der Waals surface area contributed by atoms with Crippen molar-refractivity contribution in [1.82, 2.24) is 0 Å². The fourth-order valence-electron chi connectivity index (χ4n) is 2.49. The van der Waals surface area contributed by atoms with E-state index in [1.54, 1.807) is 42.5 Å². The SMILES string of the molecule is COc1cccc(C(=O)OCC(=O)N2CC(=O)Nc3ccccc32)c1. The molecule has 0 saturated heterocycles. The van der Waals surface area contributed by atoms with Gasteiger partial charge in [0.2, 0.25) is 5.91 Å². The molecule has 2 aromatic carbocycles. The number of benzene rings is 2. The van der Waals surface area contributed by atoms with Crippen molar-refractivity contribution in [3.63, 3.8) is 0 Å². The van der Waals surface area contributed by atoms with Gasteiger partial charge in [-0.25, -0.2) is 4.79 Å². The molecule has 1 aliphatic heterocycles. The maximum absolute atomic E-state index is 12.4. The van der Waals surface area contributed by atoms with Crippen LogP contribution in [0.5, 0.6) is 5.75 Å². The second-order valence-corrected chi connectivity index (χ2v) is 5.35. The van der Waals surface area contributed by atoms with E-state index in [9.17, 15) is 14.4 Å². The van der Waals surface area contributed by atoms with Crippen molar-refractivity contribution in [2.24, 2.45) is 0 Å². The minimum Gasteiger partial charge on any atom is -0.497 e. The molecule has 0 saturated carbocycles. The maximum Gasteiger partial charge on any atom is 0.338 e. The molecule has 0 bridgehead atoms. The van der Waals surface area contributed by atoms with Crippen LogP contribution in [0.3, 0.4) is 0 Å². The monoisotopic (exact) mass is 340 g/mol. The second-order valence-electron chi connectivity index (χ2n) is 5.35. The summed E-state index contributed by atoms with van der Waals surface area (Å²) < 4.78 is 10.1. The van der Waals surface area contributed by atoms with Gasteiger partial charge in [-0.1, -0.05) is 18.2 Å². The lowest BCUT2D eigenvalue weighted by Gasteiger charge is -2.28. The van der Waals surface area contributed by atoms with Crippen LogP contribution < -0.4 is 15.0 Å². The Morgan fingerprint density at radius 1 is 1.16 bits per heavy atom. The van der Waals surface area contributed by atoms with Gasteiger partial charge in [0, 0.05) is 0 Å². The molecule has 0 aliphatic carbocycles. The van der Waals surface area contributed by atoms with Crippen molar-refractivity contribution in [1.29, 1.82) is 0 Å². The summed E-state index contributed by atoms with van der Waals surface area (Å²) in [6, 6.07) is 13.4. The molecule has 128 valence electrons. The Morgan fingerprint density at radius 3 is 2.76 bits per heavy atom. The molecule has 0 spiro atoms. The molecule has 0 unspecified atom stereocenters. The van der Waals surface area contributed by atoms with Crippen LogP contribution in [0.25, 0.3) is 0 Å². The molecular formula is C18H16N2O5. The van der Waals surface area contributed by atoms with Crippen molar-refractivity contribution < 1.29 is 23.9 Å². The molecule has 0 atom stereocenters. The Labute approximate surface area is 144 Å². The fourth-order valence-corrected chi connectivity index (χ4v) is 2.49. The van der Waals surface area contributed by atoms with E-state index in [4.69, 9.17) is 9.47 Å². The first kappa shape index (κ1) is 16.5. The zero-order valence-corrected chi connectivity index (χ0v) is 13.5. The quantitative estimate of drug-likeness (QED) is 0.859. The Hall–Kier alpha value is -3.35. The number of amides is 2. The van der Waals surface area contributed by atoms with Crippen molar-refractivity contribution in [3.8, 4) is 5.75 Å². The number of hydrogen-bond acceptors (Lipinski definition) is 5. The van der Waals surface area contributed by atoms with Gasteiger partial charge >= 0.3 is 5.97 Å². The molecule has 0 radical (unpaired) electrons. The van der Waals surface area contributed by atoms with Crippen LogP contribution in [-0.2, 0) is 14.3 Å². The standard InChI is InChI=1S/C18H16N2O5/c1-24-13-6-4-5-12(9-13)18(23)25-11-17(22)20-10-16(21)19-14-7-2-3-8-15(14)20/h2-9H,10-11H2,1H3,(H,19,21). The second kappa shape index (κ2) is 7.04. The molecule has 2 aromatic rings. The number of fused-ring (bicyclic) bond motifs is 1. The Bertz CT molecular complexity index is 834. The predicted molar refractivity (Wildman–Crippen MR) is 90.7 cm³/mol. The number of esters is 1. The topological polar surface area (TPSA) is 84.9 Å². The minimum absolute atomic E-state index is 0.118. The molecule has 7 nitrogen and oxygen atoms in total. The number of nitrogens with zero attached hydrogens (tertiary/aromatic N) is 1. The lowest BCUT2D eigenvalue weighted by molar-refractivity contribution is -0.124. The van der Waals surface area contributed by atoms with E-state index in [1.807, 2.05) is 0 Å². The van der Waals surface area contributed by atoms with Crippen LogP contribution in [0.15, 0.2) is 48.5 Å². The number of para-hydroxylation sites is 2. The molecule has 1 N–H and O–H groups in total. The number of hydrogen-bond donors (Lipinski definition) is 1. The van der Waals surface area contributed by atoms with Crippen LogP contribution in [0.2, 0.25) is 0 Å². The van der Waals surface area contributed by atoms with Gasteiger partial charge < -0.3 is 14.8 Å². The Kier molecular flexibility index (Phi) is 4.65. The van der Waals surface area contributed by atoms with Crippen LogP contribution in [0, 0.1) is 0 Å². The normalized spacial score (nSPS) is 12.8. The summed E-state index contributed by atoms with van der Waals surface area (Å²) in [6.45, 7) is -0.579. The number of carbonyl (C=O) groups excluding carboxylic acids is 3. The smallest absolute Gasteiger partial charge is 0.338 e. The highest BCUT2D eigenvalue weighted by Crippen LogP contribution is 2.28. The summed E-state index contributed by atoms with van der Waals surface area (Å²) in [5.74, 6) is -0.894. The fraction of sp³-hybridized carbons (Fsp3) is 0.167. The first-order valence-electron chi connectivity index (χ1n) is 7.59. The lowest BCUT2D eigenvalue weighted by Crippen LogP contribution is -2.44. The third kappa shape index (κ3) is 3.60. The molecule has 25 heavy (non-hydrogen) atoms. The third-order valence-electron chi connectivity index (χ3n) is 3.70. The van der Waals surface area contributed by atoms with Crippen molar-refractivity contribution >= 4 is 29.2 Å². The first-order valence-corrected chi connectivity index (χ1v) is 7.59. The molecule has 0 aromatic heterocycles. The number of carbonyl (C=O) groups is 3. The van der Waals surface area contributed by atoms with Gasteiger partial charge in [-0.15, -0.1) is 0 Å². The molecule has 1 aliphatic rings. The van der Waals surface area contributed by atoms with Crippen LogP contribution in [0.4, 0.5) is 11.4 Å². The number of anilines is 2. The maximum atomic E-state index is 12.4. The molecular weight excluding hydrogens is 324 g/mol. The number of rotatable bonds is 4. The van der Waals surface area contributed by atoms with E-state index in [0.717, 1.165) is 0 Å². The average Bonchev–Trinajstić information content (AvgIpc) is 2.65. The predicted octanol–water partition coefficient (Wildman–Crippen LogP) is 1.84. The number of methoxy groups -OCH3 is 1. The third-order valence-corrected chi connectivity index (χ3v) is 3.70. The van der Waals surface area contributed by atoms with Gasteiger partial charge in [-0.3, -0.25) is 14.5 Å². The van der Waals surface area contributed by atoms with Gasteiger partial charge in [-0.05, 0) is 30.3 Å². The molecule has 0 fully saturated rings. The van der Waals surface area contributed by atoms with E-state index < -0.39 is 18.5 Å². The zero-order valence-electron chi connectivity index (χ0n) is 13.5. The van der Waals surface area contributed by atoms with Gasteiger partial charge in [0.15, 0.2) is 6.61 Å². The highest BCUT2D eigenvalue weighted by molar-refractivity contribution is 6.10. The first-order chi connectivity index (χ1) is 12.1. The minimum atomic E-state index is -0.637. The van der Waals surface area contributed by atoms with Crippen molar-refractivity contribution in [3.05, 3.63) is 54.1 Å². The van der Waals surface area contributed by atoms with Gasteiger partial charge in [0.05, 0.1) is 24.0 Å². The molecule has 3 rings (SSSR count). The summed E-state index contributed by atoms with van der Waals surface area (Å²) in [5, 5.41) is 2.69. The van der Waals surface area contributed by atoms with Crippen LogP contribution >= 0.6 is 0 Å². The average molecular weight is 340 g/mol. The summed E-state index contributed by atoms with van der Waals surface area (Å²) in [4.78, 5) is 37.5. The molecule has 2 amide bonds. The molecule has 7 heteroatoms. The Morgan fingerprint density at radius 2 is 1.96 bits per heavy atom. The number of ether oxygens (including phenoxy) is 2. The number of nitrogens with one attached hydrogen (secondary N) is 1. The zero-order chi connectivity index (χ0) is 17.8. The summed E-state index contributed by atoms with van der Waals surface area (Å²) in [5.41, 5.74) is 1.40. The van der Waals surface area contributed by atoms with Crippen molar-refractivity contribution in [2.45, 2.75) is 0 Å². The summed E-state index contributed by atoms with van der Waals surface area (Å²) in [6.07, 6.45) is 0. The highest BCUT2D eigenvalue weighted by Gasteiger charge is 2.27. The van der Waals surface area contributed by atoms with Gasteiger partial charge in [-0.2, -0.15) is 0 Å². The van der Waals surface area contributed by atoms with E-state index in [2.05, 4.69) is 5.32 Å². The summed E-state index contributed by atoms with van der Waals surface area (Å²) >= 11 is 0. The van der Waals surface area contributed by atoms with Gasteiger partial charge in [0.25, 0.3) is 5.91 Å². The van der Waals surface area contributed by atoms with E-state index in [-0.39, 0.29) is 18.0 Å². The van der Waals surface area contributed by atoms with Crippen LogP contribution in [-0.4, -0.2) is 38.0 Å². The largest absolute Gasteiger partial charge is 0.497 e. The molecule has 1 heterocycles. The van der Waals surface area contributed by atoms with Gasteiger partial charge in [0.1, 0.15) is 12.3 Å². The van der Waals surface area contributed by atoms with Crippen molar-refractivity contribution in [2.75, 3.05) is 30.5 Å². The highest BCUT2D eigenvalue weighted by atomic mass is 16.5. The van der Waals surface area contributed by atoms with Crippen LogP contribution in [0.1, 0.15) is 10.4 Å². The Balaban J connectivity index is 1.68. The van der Waals surface area contributed by atoms with E-state index in [0.29, 0.717) is 17.1 Å². The van der Waals surface area contributed by atoms with E-state index >= 15 is 0 Å².